The van der Waals surface area contributed by atoms with E-state index < -0.39 is 0 Å². The van der Waals surface area contributed by atoms with E-state index in [2.05, 4.69) is 10.3 Å². The molecule has 1 aromatic heterocycles. The topological polar surface area (TPSA) is 65.4 Å². The number of aromatic nitrogens is 1. The number of anilines is 1. The second-order valence-electron chi connectivity index (χ2n) is 4.07. The average Bonchev–Trinajstić information content (AvgIpc) is 2.37. The van der Waals surface area contributed by atoms with E-state index in [0.29, 0.717) is 5.82 Å². The average molecular weight is 232 g/mol. The smallest absolute Gasteiger partial charge is 0.132 e. The Balaban J connectivity index is 2.45. The zero-order valence-electron chi connectivity index (χ0n) is 9.72. The highest BCUT2D eigenvalue weighted by molar-refractivity contribution is 5.81. The van der Waals surface area contributed by atoms with E-state index in [9.17, 15) is 5.11 Å². The molecule has 1 heterocycles. The molecule has 0 amide bonds. The molecule has 3 N–H and O–H groups in total. The van der Waals surface area contributed by atoms with Gasteiger partial charge in [0.25, 0.3) is 0 Å². The summed E-state index contributed by atoms with van der Waals surface area (Å²) in [7, 11) is 0. The minimum atomic E-state index is -0.0889. The number of rotatable bonds is 4. The Morgan fingerprint density at radius 1 is 1.29 bits per heavy atom. The number of para-hydroxylation sites is 1. The molecule has 0 radical (unpaired) electrons. The predicted octanol–water partition coefficient (Wildman–Crippen LogP) is 1.52. The van der Waals surface area contributed by atoms with Crippen molar-refractivity contribution in [2.24, 2.45) is 0 Å². The molecule has 4 heteroatoms. The van der Waals surface area contributed by atoms with Gasteiger partial charge in [0.1, 0.15) is 5.82 Å². The van der Waals surface area contributed by atoms with Crippen LogP contribution < -0.4 is 5.32 Å². The summed E-state index contributed by atoms with van der Waals surface area (Å²) in [5.74, 6) is 0.632. The number of nitrogens with one attached hydrogen (secondary N) is 1. The maximum Gasteiger partial charge on any atom is 0.132 e. The number of benzene rings is 1. The van der Waals surface area contributed by atoms with Crippen LogP contribution in [0.3, 0.4) is 0 Å². The Hall–Kier alpha value is -1.65. The summed E-state index contributed by atoms with van der Waals surface area (Å²) in [5.41, 5.74) is 1.61. The molecule has 0 spiro atoms. The Kier molecular flexibility index (Phi) is 3.56. The second-order valence-corrected chi connectivity index (χ2v) is 4.07. The van der Waals surface area contributed by atoms with Crippen LogP contribution in [-0.4, -0.2) is 27.8 Å². The van der Waals surface area contributed by atoms with E-state index in [1.807, 2.05) is 37.3 Å². The van der Waals surface area contributed by atoms with Crippen molar-refractivity contribution in [1.82, 2.24) is 4.98 Å². The fourth-order valence-corrected chi connectivity index (χ4v) is 1.68. The molecule has 0 saturated heterocycles. The second kappa shape index (κ2) is 5.12. The maximum atomic E-state index is 9.32. The minimum Gasteiger partial charge on any atom is -0.394 e. The first-order chi connectivity index (χ1) is 8.24. The quantitative estimate of drug-likeness (QED) is 0.747. The van der Waals surface area contributed by atoms with Gasteiger partial charge < -0.3 is 15.5 Å². The van der Waals surface area contributed by atoms with Gasteiger partial charge in [-0.1, -0.05) is 18.2 Å². The molecule has 0 aliphatic heterocycles. The molecule has 0 bridgehead atoms. The number of fused-ring (bicyclic) bond motifs is 1. The highest BCUT2D eigenvalue weighted by Crippen LogP contribution is 2.20. The zero-order valence-corrected chi connectivity index (χ0v) is 9.72. The standard InChI is InChI=1S/C13H16N2O2/c1-9(7-16)14-13-11(8-17)6-10-4-2-3-5-12(10)15-13/h2-6,9,16-17H,7-8H2,1H3,(H,14,15)/t9-/m1/s1. The van der Waals surface area contributed by atoms with Crippen LogP contribution in [0.4, 0.5) is 5.82 Å². The molecular formula is C13H16N2O2. The van der Waals surface area contributed by atoms with E-state index in [1.54, 1.807) is 0 Å². The Morgan fingerprint density at radius 2 is 2.06 bits per heavy atom. The highest BCUT2D eigenvalue weighted by Gasteiger charge is 2.08. The van der Waals surface area contributed by atoms with Crippen LogP contribution in [0.2, 0.25) is 0 Å². The van der Waals surface area contributed by atoms with Gasteiger partial charge in [-0.05, 0) is 19.1 Å². The van der Waals surface area contributed by atoms with E-state index in [0.717, 1.165) is 16.5 Å². The predicted molar refractivity (Wildman–Crippen MR) is 67.8 cm³/mol. The SMILES string of the molecule is C[C@H](CO)Nc1nc2ccccc2cc1CO. The van der Waals surface area contributed by atoms with Crippen molar-refractivity contribution in [1.29, 1.82) is 0 Å². The number of aliphatic hydroxyl groups is 2. The van der Waals surface area contributed by atoms with Gasteiger partial charge in [0, 0.05) is 17.0 Å². The molecule has 90 valence electrons. The van der Waals surface area contributed by atoms with E-state index >= 15 is 0 Å². The third-order valence-electron chi connectivity index (χ3n) is 2.63. The van der Waals surface area contributed by atoms with Gasteiger partial charge in [0.05, 0.1) is 18.7 Å². The molecule has 2 aromatic rings. The van der Waals surface area contributed by atoms with Gasteiger partial charge in [-0.3, -0.25) is 0 Å². The lowest BCUT2D eigenvalue weighted by atomic mass is 10.1. The van der Waals surface area contributed by atoms with Gasteiger partial charge in [-0.15, -0.1) is 0 Å². The molecular weight excluding hydrogens is 216 g/mol. The lowest BCUT2D eigenvalue weighted by Crippen LogP contribution is -2.21. The number of nitrogens with zero attached hydrogens (tertiary/aromatic N) is 1. The normalized spacial score (nSPS) is 12.6. The largest absolute Gasteiger partial charge is 0.394 e. The molecule has 1 atom stereocenters. The molecule has 0 unspecified atom stereocenters. The van der Waals surface area contributed by atoms with Crippen molar-refractivity contribution in [3.8, 4) is 0 Å². The zero-order chi connectivity index (χ0) is 12.3. The van der Waals surface area contributed by atoms with Crippen molar-refractivity contribution >= 4 is 16.7 Å². The summed E-state index contributed by atoms with van der Waals surface area (Å²) in [5, 5.41) is 22.4. The van der Waals surface area contributed by atoms with Crippen LogP contribution in [-0.2, 0) is 6.61 Å². The van der Waals surface area contributed by atoms with Crippen LogP contribution in [0.1, 0.15) is 12.5 Å². The Labute approximate surface area is 99.9 Å². The van der Waals surface area contributed by atoms with Gasteiger partial charge in [-0.2, -0.15) is 0 Å². The summed E-state index contributed by atoms with van der Waals surface area (Å²) in [6.07, 6.45) is 0. The molecule has 2 rings (SSSR count). The van der Waals surface area contributed by atoms with Crippen LogP contribution in [0.15, 0.2) is 30.3 Å². The number of hydrogen-bond acceptors (Lipinski definition) is 4. The lowest BCUT2D eigenvalue weighted by Gasteiger charge is -2.15. The van der Waals surface area contributed by atoms with Crippen LogP contribution in [0.5, 0.6) is 0 Å². The molecule has 0 saturated carbocycles. The van der Waals surface area contributed by atoms with E-state index in [1.165, 1.54) is 0 Å². The first-order valence-corrected chi connectivity index (χ1v) is 5.61. The first-order valence-electron chi connectivity index (χ1n) is 5.61. The monoisotopic (exact) mass is 232 g/mol. The van der Waals surface area contributed by atoms with Gasteiger partial charge >= 0.3 is 0 Å². The fourth-order valence-electron chi connectivity index (χ4n) is 1.68. The van der Waals surface area contributed by atoms with Crippen molar-refractivity contribution in [2.45, 2.75) is 19.6 Å². The Bertz CT molecular complexity index is 514. The number of aliphatic hydroxyl groups excluding tert-OH is 2. The summed E-state index contributed by atoms with van der Waals surface area (Å²) in [4.78, 5) is 4.45. The van der Waals surface area contributed by atoms with E-state index in [-0.39, 0.29) is 19.3 Å². The highest BCUT2D eigenvalue weighted by atomic mass is 16.3. The first kappa shape index (κ1) is 11.8. The van der Waals surface area contributed by atoms with Crippen molar-refractivity contribution in [3.05, 3.63) is 35.9 Å². The summed E-state index contributed by atoms with van der Waals surface area (Å²) >= 11 is 0. The van der Waals surface area contributed by atoms with Crippen LogP contribution in [0.25, 0.3) is 10.9 Å². The third-order valence-corrected chi connectivity index (χ3v) is 2.63. The number of hydrogen-bond donors (Lipinski definition) is 3. The number of pyridine rings is 1. The van der Waals surface area contributed by atoms with Crippen LogP contribution >= 0.6 is 0 Å². The fraction of sp³-hybridized carbons (Fsp3) is 0.308. The Morgan fingerprint density at radius 3 is 2.76 bits per heavy atom. The maximum absolute atomic E-state index is 9.32. The molecule has 4 nitrogen and oxygen atoms in total. The lowest BCUT2D eigenvalue weighted by molar-refractivity contribution is 0.277. The summed E-state index contributed by atoms with van der Waals surface area (Å²) in [6, 6.07) is 9.57. The summed E-state index contributed by atoms with van der Waals surface area (Å²) in [6.45, 7) is 1.82. The molecule has 17 heavy (non-hydrogen) atoms. The molecule has 0 aliphatic rings. The molecule has 0 aliphatic carbocycles. The van der Waals surface area contributed by atoms with E-state index in [4.69, 9.17) is 5.11 Å². The van der Waals surface area contributed by atoms with Gasteiger partial charge in [0.15, 0.2) is 0 Å². The minimum absolute atomic E-state index is 0.0272. The van der Waals surface area contributed by atoms with Crippen LogP contribution in [0, 0.1) is 0 Å². The van der Waals surface area contributed by atoms with Crippen molar-refractivity contribution < 1.29 is 10.2 Å². The third kappa shape index (κ3) is 2.54. The van der Waals surface area contributed by atoms with Crippen molar-refractivity contribution in [3.63, 3.8) is 0 Å². The van der Waals surface area contributed by atoms with Gasteiger partial charge in [-0.25, -0.2) is 4.98 Å². The molecule has 0 fully saturated rings. The van der Waals surface area contributed by atoms with Crippen molar-refractivity contribution in [2.75, 3.05) is 11.9 Å². The molecule has 1 aromatic carbocycles. The van der Waals surface area contributed by atoms with Gasteiger partial charge in [0.2, 0.25) is 0 Å². The summed E-state index contributed by atoms with van der Waals surface area (Å²) < 4.78 is 0.